The van der Waals surface area contributed by atoms with Gasteiger partial charge in [0.25, 0.3) is 5.56 Å². The van der Waals surface area contributed by atoms with Crippen LogP contribution >= 0.6 is 0 Å². The molecule has 0 amide bonds. The van der Waals surface area contributed by atoms with Crippen LogP contribution in [-0.4, -0.2) is 43.7 Å². The first-order valence-corrected chi connectivity index (χ1v) is 11.2. The van der Waals surface area contributed by atoms with Crippen LogP contribution in [0, 0.1) is 0 Å². The molecule has 0 radical (unpaired) electrons. The number of rotatable bonds is 4. The first-order valence-electron chi connectivity index (χ1n) is 11.2. The fourth-order valence-electron chi connectivity index (χ4n) is 4.61. The smallest absolute Gasteiger partial charge is 0.253 e. The van der Waals surface area contributed by atoms with E-state index < -0.39 is 0 Å². The zero-order chi connectivity index (χ0) is 23.2. The van der Waals surface area contributed by atoms with E-state index in [9.17, 15) is 4.79 Å². The maximum atomic E-state index is 13.4. The SMILES string of the molecule is COc1ccc2cc([C@H](c3nnnn3C(C)(C)C)N3CCc4ccccc4C3)c(=O)[nH]c2c1. The van der Waals surface area contributed by atoms with E-state index in [1.165, 1.54) is 11.1 Å². The van der Waals surface area contributed by atoms with Gasteiger partial charge in [-0.05, 0) is 72.3 Å². The van der Waals surface area contributed by atoms with Crippen LogP contribution in [0.25, 0.3) is 10.9 Å². The summed E-state index contributed by atoms with van der Waals surface area (Å²) >= 11 is 0. The molecule has 2 aromatic heterocycles. The Hall–Kier alpha value is -3.52. The van der Waals surface area contributed by atoms with Crippen molar-refractivity contribution in [2.45, 2.75) is 45.3 Å². The molecule has 0 saturated carbocycles. The van der Waals surface area contributed by atoms with Gasteiger partial charge in [0.1, 0.15) is 11.8 Å². The Morgan fingerprint density at radius 1 is 1.09 bits per heavy atom. The van der Waals surface area contributed by atoms with Crippen molar-refractivity contribution >= 4 is 10.9 Å². The number of ether oxygens (including phenoxy) is 1. The van der Waals surface area contributed by atoms with Crippen molar-refractivity contribution in [3.05, 3.63) is 81.4 Å². The molecule has 0 bridgehead atoms. The van der Waals surface area contributed by atoms with Gasteiger partial charge in [-0.3, -0.25) is 9.69 Å². The highest BCUT2D eigenvalue weighted by molar-refractivity contribution is 5.80. The van der Waals surface area contributed by atoms with Gasteiger partial charge >= 0.3 is 0 Å². The average Bonchev–Trinajstić information content (AvgIpc) is 3.29. The number of hydrogen-bond donors (Lipinski definition) is 1. The summed E-state index contributed by atoms with van der Waals surface area (Å²) in [7, 11) is 1.62. The second kappa shape index (κ2) is 8.12. The summed E-state index contributed by atoms with van der Waals surface area (Å²) in [4.78, 5) is 18.8. The van der Waals surface area contributed by atoms with Crippen LogP contribution in [0.1, 0.15) is 49.3 Å². The maximum absolute atomic E-state index is 13.4. The average molecular weight is 445 g/mol. The molecule has 0 spiro atoms. The molecule has 8 heteroatoms. The molecule has 5 rings (SSSR count). The van der Waals surface area contributed by atoms with E-state index in [0.29, 0.717) is 17.1 Å². The van der Waals surface area contributed by atoms with E-state index >= 15 is 0 Å². The number of aromatic nitrogens is 5. The molecule has 33 heavy (non-hydrogen) atoms. The van der Waals surface area contributed by atoms with E-state index in [1.807, 2.05) is 28.9 Å². The second-order valence-corrected chi connectivity index (χ2v) is 9.52. The van der Waals surface area contributed by atoms with Crippen LogP contribution in [0.5, 0.6) is 5.75 Å². The number of tetrazole rings is 1. The van der Waals surface area contributed by atoms with Crippen molar-refractivity contribution in [1.29, 1.82) is 0 Å². The lowest BCUT2D eigenvalue weighted by atomic mass is 9.95. The zero-order valence-corrected chi connectivity index (χ0v) is 19.4. The number of pyridine rings is 1. The van der Waals surface area contributed by atoms with Crippen molar-refractivity contribution in [1.82, 2.24) is 30.1 Å². The third kappa shape index (κ3) is 3.91. The van der Waals surface area contributed by atoms with Crippen molar-refractivity contribution in [3.8, 4) is 5.75 Å². The number of nitrogens with zero attached hydrogens (tertiary/aromatic N) is 5. The van der Waals surface area contributed by atoms with E-state index in [1.54, 1.807) is 7.11 Å². The number of benzene rings is 2. The molecule has 1 aliphatic rings. The first kappa shape index (κ1) is 21.3. The molecule has 0 unspecified atom stereocenters. The Bertz CT molecular complexity index is 1370. The largest absolute Gasteiger partial charge is 0.497 e. The molecule has 1 aliphatic heterocycles. The zero-order valence-electron chi connectivity index (χ0n) is 19.4. The Kier molecular flexibility index (Phi) is 5.25. The van der Waals surface area contributed by atoms with Gasteiger partial charge in [-0.15, -0.1) is 5.10 Å². The third-order valence-electron chi connectivity index (χ3n) is 6.28. The fraction of sp³-hybridized carbons (Fsp3) is 0.360. The lowest BCUT2D eigenvalue weighted by Crippen LogP contribution is -2.40. The molecule has 1 N–H and O–H groups in total. The molecule has 0 saturated heterocycles. The summed E-state index contributed by atoms with van der Waals surface area (Å²) in [5.74, 6) is 1.37. The van der Waals surface area contributed by atoms with E-state index in [-0.39, 0.29) is 17.1 Å². The van der Waals surface area contributed by atoms with Gasteiger partial charge in [0.2, 0.25) is 0 Å². The number of H-pyrrole nitrogens is 1. The molecule has 170 valence electrons. The summed E-state index contributed by atoms with van der Waals surface area (Å²) in [5, 5.41) is 13.6. The monoisotopic (exact) mass is 444 g/mol. The van der Waals surface area contributed by atoms with Crippen LogP contribution < -0.4 is 10.3 Å². The first-order chi connectivity index (χ1) is 15.8. The molecular formula is C25H28N6O2. The standard InChI is InChI=1S/C25H28N6O2/c1-25(2,3)31-23(27-28-29-31)22(30-12-11-16-7-5-6-8-18(16)15-30)20-13-17-9-10-19(33-4)14-21(17)26-24(20)32/h5-10,13-14,22H,11-12,15H2,1-4H3,(H,26,32)/t22-/m1/s1. The van der Waals surface area contributed by atoms with Crippen molar-refractivity contribution < 1.29 is 4.74 Å². The molecule has 0 fully saturated rings. The van der Waals surface area contributed by atoms with Crippen molar-refractivity contribution in [3.63, 3.8) is 0 Å². The molecule has 4 aromatic rings. The predicted molar refractivity (Wildman–Crippen MR) is 126 cm³/mol. The normalized spacial score (nSPS) is 15.4. The molecule has 8 nitrogen and oxygen atoms in total. The summed E-state index contributed by atoms with van der Waals surface area (Å²) in [6.07, 6.45) is 0.909. The molecular weight excluding hydrogens is 416 g/mol. The number of aromatic amines is 1. The Morgan fingerprint density at radius 2 is 1.88 bits per heavy atom. The van der Waals surface area contributed by atoms with Gasteiger partial charge in [0.05, 0.1) is 18.2 Å². The summed E-state index contributed by atoms with van der Waals surface area (Å²) < 4.78 is 7.15. The number of nitrogens with one attached hydrogen (secondary N) is 1. The van der Waals surface area contributed by atoms with Crippen LogP contribution in [0.3, 0.4) is 0 Å². The molecule has 1 atom stereocenters. The fourth-order valence-corrected chi connectivity index (χ4v) is 4.61. The van der Waals surface area contributed by atoms with Crippen LogP contribution in [-0.2, 0) is 18.5 Å². The minimum atomic E-state index is -0.386. The number of hydrogen-bond acceptors (Lipinski definition) is 6. The lowest BCUT2D eigenvalue weighted by Gasteiger charge is -2.36. The Morgan fingerprint density at radius 3 is 2.64 bits per heavy atom. The van der Waals surface area contributed by atoms with Gasteiger partial charge in [0, 0.05) is 24.7 Å². The van der Waals surface area contributed by atoms with Gasteiger partial charge in [-0.25, -0.2) is 4.68 Å². The van der Waals surface area contributed by atoms with Crippen LogP contribution in [0.15, 0.2) is 53.3 Å². The predicted octanol–water partition coefficient (Wildman–Crippen LogP) is 3.43. The van der Waals surface area contributed by atoms with Crippen molar-refractivity contribution in [2.24, 2.45) is 0 Å². The Labute approximate surface area is 192 Å². The summed E-state index contributed by atoms with van der Waals surface area (Å²) in [6.45, 7) is 7.71. The Balaban J connectivity index is 1.68. The summed E-state index contributed by atoms with van der Waals surface area (Å²) in [5.41, 5.74) is 3.51. The van der Waals surface area contributed by atoms with Crippen LogP contribution in [0.4, 0.5) is 0 Å². The van der Waals surface area contributed by atoms with Crippen molar-refractivity contribution in [2.75, 3.05) is 13.7 Å². The van der Waals surface area contributed by atoms with E-state index in [0.717, 1.165) is 30.4 Å². The lowest BCUT2D eigenvalue weighted by molar-refractivity contribution is 0.185. The topological polar surface area (TPSA) is 88.9 Å². The van der Waals surface area contributed by atoms with E-state index in [4.69, 9.17) is 4.74 Å². The van der Waals surface area contributed by atoms with Gasteiger partial charge in [0.15, 0.2) is 5.82 Å². The minimum absolute atomic E-state index is 0.150. The maximum Gasteiger partial charge on any atom is 0.253 e. The van der Waals surface area contributed by atoms with Gasteiger partial charge in [-0.2, -0.15) is 0 Å². The highest BCUT2D eigenvalue weighted by atomic mass is 16.5. The van der Waals surface area contributed by atoms with E-state index in [2.05, 4.69) is 70.4 Å². The minimum Gasteiger partial charge on any atom is -0.497 e. The molecule has 3 heterocycles. The number of fused-ring (bicyclic) bond motifs is 2. The number of methoxy groups -OCH3 is 1. The third-order valence-corrected chi connectivity index (χ3v) is 6.28. The highest BCUT2D eigenvalue weighted by Crippen LogP contribution is 2.33. The molecule has 0 aliphatic carbocycles. The summed E-state index contributed by atoms with van der Waals surface area (Å²) in [6, 6.07) is 15.7. The van der Waals surface area contributed by atoms with Gasteiger partial charge in [-0.1, -0.05) is 24.3 Å². The van der Waals surface area contributed by atoms with Crippen LogP contribution in [0.2, 0.25) is 0 Å². The molecule has 2 aromatic carbocycles. The van der Waals surface area contributed by atoms with Gasteiger partial charge < -0.3 is 9.72 Å². The quantitative estimate of drug-likeness (QED) is 0.519. The second-order valence-electron chi connectivity index (χ2n) is 9.52. The highest BCUT2D eigenvalue weighted by Gasteiger charge is 2.34.